The van der Waals surface area contributed by atoms with E-state index in [1.165, 1.54) is 12.1 Å². The predicted molar refractivity (Wildman–Crippen MR) is 74.0 cm³/mol. The van der Waals surface area contributed by atoms with E-state index in [-0.39, 0.29) is 5.82 Å². The van der Waals surface area contributed by atoms with Gasteiger partial charge in [0.2, 0.25) is 0 Å². The Hall–Kier alpha value is -1.55. The summed E-state index contributed by atoms with van der Waals surface area (Å²) in [6, 6.07) is 10.0. The number of benzene rings is 2. The Kier molecular flexibility index (Phi) is 3.87. The Bertz CT molecular complexity index is 572. The Labute approximate surface area is 114 Å². The van der Waals surface area contributed by atoms with E-state index in [9.17, 15) is 4.39 Å². The van der Waals surface area contributed by atoms with Crippen LogP contribution in [-0.4, -0.2) is 0 Å². The number of nitrogen functional groups attached to an aromatic ring is 1. The van der Waals surface area contributed by atoms with Crippen LogP contribution in [0.4, 0.5) is 10.1 Å². The average Bonchev–Trinajstić information content (AvgIpc) is 2.32. The normalized spacial score (nSPS) is 10.4. The molecule has 4 heteroatoms. The van der Waals surface area contributed by atoms with Crippen LogP contribution < -0.4 is 10.5 Å². The third kappa shape index (κ3) is 3.01. The van der Waals surface area contributed by atoms with Gasteiger partial charge in [0.05, 0.1) is 0 Å². The molecule has 0 atom stereocenters. The maximum atomic E-state index is 13.1. The molecule has 0 amide bonds. The number of ether oxygens (including phenoxy) is 1. The van der Waals surface area contributed by atoms with Crippen LogP contribution in [0.15, 0.2) is 40.9 Å². The van der Waals surface area contributed by atoms with Gasteiger partial charge in [0.25, 0.3) is 0 Å². The zero-order valence-corrected chi connectivity index (χ0v) is 11.5. The second kappa shape index (κ2) is 5.40. The summed E-state index contributed by atoms with van der Waals surface area (Å²) in [6.45, 7) is 2.25. The van der Waals surface area contributed by atoms with Gasteiger partial charge in [0, 0.05) is 21.8 Å². The molecule has 0 aliphatic carbocycles. The van der Waals surface area contributed by atoms with Gasteiger partial charge in [0.1, 0.15) is 18.2 Å². The second-order valence-electron chi connectivity index (χ2n) is 4.05. The highest BCUT2D eigenvalue weighted by Gasteiger charge is 2.05. The quantitative estimate of drug-likeness (QED) is 0.868. The molecule has 0 aromatic heterocycles. The van der Waals surface area contributed by atoms with Gasteiger partial charge in [-0.2, -0.15) is 0 Å². The van der Waals surface area contributed by atoms with Crippen molar-refractivity contribution in [2.75, 3.05) is 5.73 Å². The fourth-order valence-electron chi connectivity index (χ4n) is 1.57. The van der Waals surface area contributed by atoms with Crippen LogP contribution in [-0.2, 0) is 6.61 Å². The van der Waals surface area contributed by atoms with E-state index >= 15 is 0 Å². The molecule has 2 aromatic carbocycles. The molecule has 2 aromatic rings. The van der Waals surface area contributed by atoms with E-state index in [0.717, 1.165) is 15.6 Å². The fourth-order valence-corrected chi connectivity index (χ4v) is 2.08. The lowest BCUT2D eigenvalue weighted by atomic mass is 10.2. The van der Waals surface area contributed by atoms with Gasteiger partial charge in [-0.15, -0.1) is 0 Å². The number of halogens is 2. The van der Waals surface area contributed by atoms with Crippen molar-refractivity contribution in [3.05, 3.63) is 57.8 Å². The van der Waals surface area contributed by atoms with Crippen LogP contribution in [0.5, 0.6) is 5.75 Å². The lowest BCUT2D eigenvalue weighted by Crippen LogP contribution is -1.99. The smallest absolute Gasteiger partial charge is 0.126 e. The number of rotatable bonds is 3. The van der Waals surface area contributed by atoms with Crippen molar-refractivity contribution in [2.24, 2.45) is 0 Å². The summed E-state index contributed by atoms with van der Waals surface area (Å²) in [6.07, 6.45) is 0. The first kappa shape index (κ1) is 12.9. The van der Waals surface area contributed by atoms with E-state index in [2.05, 4.69) is 15.9 Å². The predicted octanol–water partition coefficient (Wildman–Crippen LogP) is 4.06. The van der Waals surface area contributed by atoms with Crippen LogP contribution >= 0.6 is 15.9 Å². The van der Waals surface area contributed by atoms with Crippen LogP contribution in [0, 0.1) is 12.7 Å². The van der Waals surface area contributed by atoms with Gasteiger partial charge in [-0.1, -0.05) is 28.1 Å². The van der Waals surface area contributed by atoms with Crippen molar-refractivity contribution in [1.29, 1.82) is 0 Å². The summed E-state index contributed by atoms with van der Waals surface area (Å²) in [4.78, 5) is 0. The van der Waals surface area contributed by atoms with Crippen LogP contribution in [0.2, 0.25) is 0 Å². The van der Waals surface area contributed by atoms with E-state index < -0.39 is 0 Å². The Morgan fingerprint density at radius 2 is 2.00 bits per heavy atom. The van der Waals surface area contributed by atoms with Crippen molar-refractivity contribution >= 4 is 21.6 Å². The molecular weight excluding hydrogens is 297 g/mol. The van der Waals surface area contributed by atoms with Gasteiger partial charge < -0.3 is 10.5 Å². The molecule has 0 fully saturated rings. The van der Waals surface area contributed by atoms with Gasteiger partial charge >= 0.3 is 0 Å². The number of hydrogen-bond donors (Lipinski definition) is 1. The molecule has 0 heterocycles. The maximum absolute atomic E-state index is 13.1. The molecule has 0 unspecified atom stereocenters. The largest absolute Gasteiger partial charge is 0.488 e. The highest BCUT2D eigenvalue weighted by atomic mass is 79.9. The third-order valence-corrected chi connectivity index (χ3v) is 3.35. The van der Waals surface area contributed by atoms with Crippen molar-refractivity contribution in [3.63, 3.8) is 0 Å². The Balaban J connectivity index is 2.13. The SMILES string of the molecule is Cc1ccc(F)cc1OCc1ccc(N)cc1Br. The molecule has 0 saturated carbocycles. The number of nitrogens with two attached hydrogens (primary N) is 1. The molecular formula is C14H13BrFNO. The molecule has 2 N–H and O–H groups in total. The summed E-state index contributed by atoms with van der Waals surface area (Å²) >= 11 is 3.42. The van der Waals surface area contributed by atoms with E-state index in [0.29, 0.717) is 18.0 Å². The fraction of sp³-hybridized carbons (Fsp3) is 0.143. The summed E-state index contributed by atoms with van der Waals surface area (Å²) in [5, 5.41) is 0. The Morgan fingerprint density at radius 3 is 2.72 bits per heavy atom. The lowest BCUT2D eigenvalue weighted by Gasteiger charge is -2.10. The van der Waals surface area contributed by atoms with Crippen LogP contribution in [0.3, 0.4) is 0 Å². The molecule has 0 aliphatic heterocycles. The molecule has 0 bridgehead atoms. The van der Waals surface area contributed by atoms with Crippen molar-refractivity contribution < 1.29 is 9.13 Å². The van der Waals surface area contributed by atoms with Crippen molar-refractivity contribution in [3.8, 4) is 5.75 Å². The summed E-state index contributed by atoms with van der Waals surface area (Å²) in [5.74, 6) is 0.255. The van der Waals surface area contributed by atoms with Crippen molar-refractivity contribution in [2.45, 2.75) is 13.5 Å². The minimum absolute atomic E-state index is 0.299. The van der Waals surface area contributed by atoms with Gasteiger partial charge in [-0.25, -0.2) is 4.39 Å². The first-order valence-corrected chi connectivity index (χ1v) is 6.28. The molecule has 2 rings (SSSR count). The van der Waals surface area contributed by atoms with E-state index in [4.69, 9.17) is 10.5 Å². The number of anilines is 1. The first-order chi connectivity index (χ1) is 8.56. The average molecular weight is 310 g/mol. The summed E-state index contributed by atoms with van der Waals surface area (Å²) in [5.41, 5.74) is 8.22. The van der Waals surface area contributed by atoms with E-state index in [1.54, 1.807) is 6.07 Å². The maximum Gasteiger partial charge on any atom is 0.126 e. The van der Waals surface area contributed by atoms with Crippen LogP contribution in [0.25, 0.3) is 0 Å². The topological polar surface area (TPSA) is 35.2 Å². The Morgan fingerprint density at radius 1 is 1.22 bits per heavy atom. The zero-order chi connectivity index (χ0) is 13.1. The lowest BCUT2D eigenvalue weighted by molar-refractivity contribution is 0.301. The highest BCUT2D eigenvalue weighted by molar-refractivity contribution is 9.10. The van der Waals surface area contributed by atoms with E-state index in [1.807, 2.05) is 25.1 Å². The number of aryl methyl sites for hydroxylation is 1. The number of hydrogen-bond acceptors (Lipinski definition) is 2. The third-order valence-electron chi connectivity index (χ3n) is 2.61. The molecule has 0 spiro atoms. The summed E-state index contributed by atoms with van der Waals surface area (Å²) < 4.78 is 19.6. The molecule has 0 aliphatic rings. The minimum atomic E-state index is -0.299. The molecule has 0 radical (unpaired) electrons. The molecule has 2 nitrogen and oxygen atoms in total. The molecule has 0 saturated heterocycles. The van der Waals surface area contributed by atoms with Crippen molar-refractivity contribution in [1.82, 2.24) is 0 Å². The summed E-state index contributed by atoms with van der Waals surface area (Å²) in [7, 11) is 0. The van der Waals surface area contributed by atoms with Gasteiger partial charge in [0.15, 0.2) is 0 Å². The highest BCUT2D eigenvalue weighted by Crippen LogP contribution is 2.24. The minimum Gasteiger partial charge on any atom is -0.488 e. The zero-order valence-electron chi connectivity index (χ0n) is 9.91. The second-order valence-corrected chi connectivity index (χ2v) is 4.90. The standard InChI is InChI=1S/C14H13BrFNO/c1-9-2-4-11(16)6-14(9)18-8-10-3-5-12(17)7-13(10)15/h2-7H,8,17H2,1H3. The first-order valence-electron chi connectivity index (χ1n) is 5.49. The van der Waals surface area contributed by atoms with Gasteiger partial charge in [-0.05, 0) is 30.7 Å². The monoisotopic (exact) mass is 309 g/mol. The van der Waals surface area contributed by atoms with Crippen LogP contribution in [0.1, 0.15) is 11.1 Å². The molecule has 18 heavy (non-hydrogen) atoms. The molecule has 94 valence electrons. The van der Waals surface area contributed by atoms with Gasteiger partial charge in [-0.3, -0.25) is 0 Å².